The van der Waals surface area contributed by atoms with Gasteiger partial charge in [0.25, 0.3) is 0 Å². The molecule has 0 aromatic heterocycles. The zero-order chi connectivity index (χ0) is 22.2. The smallest absolute Gasteiger partial charge is 0.185 e. The Morgan fingerprint density at radius 1 is 0.903 bits per heavy atom. The van der Waals surface area contributed by atoms with Gasteiger partial charge in [0.1, 0.15) is 11.5 Å². The molecule has 160 valence electrons. The van der Waals surface area contributed by atoms with Gasteiger partial charge >= 0.3 is 0 Å². The number of methoxy groups -OCH3 is 2. The van der Waals surface area contributed by atoms with E-state index in [4.69, 9.17) is 9.47 Å². The van der Waals surface area contributed by atoms with Crippen molar-refractivity contribution in [2.45, 2.75) is 6.42 Å². The number of carbonyl (C=O) groups excluding carboxylic acids is 1. The molecule has 0 aliphatic carbocycles. The first-order chi connectivity index (χ1) is 15.0. The second-order valence-electron chi connectivity index (χ2n) is 7.60. The Morgan fingerprint density at radius 2 is 1.61 bits per heavy atom. The van der Waals surface area contributed by atoms with Crippen LogP contribution in [-0.4, -0.2) is 45.5 Å². The summed E-state index contributed by atoms with van der Waals surface area (Å²) in [4.78, 5) is 14.8. The molecule has 0 unspecified atom stereocenters. The van der Waals surface area contributed by atoms with E-state index in [-0.39, 0.29) is 5.78 Å². The van der Waals surface area contributed by atoms with Crippen molar-refractivity contribution in [1.29, 1.82) is 0 Å². The summed E-state index contributed by atoms with van der Waals surface area (Å²) < 4.78 is 11.0. The minimum Gasteiger partial charge on any atom is -0.496 e. The maximum Gasteiger partial charge on any atom is 0.185 e. The first-order valence-corrected chi connectivity index (χ1v) is 10.3. The SMILES string of the molecule is COc1ccc(-c2ccccc2OC)cc1C=CC(=O)c1ccc(CCN(C)C)cc1. The van der Waals surface area contributed by atoms with Gasteiger partial charge in [0.15, 0.2) is 5.78 Å². The van der Waals surface area contributed by atoms with Crippen LogP contribution in [0.15, 0.2) is 72.8 Å². The van der Waals surface area contributed by atoms with Crippen molar-refractivity contribution in [2.24, 2.45) is 0 Å². The van der Waals surface area contributed by atoms with Crippen molar-refractivity contribution in [3.8, 4) is 22.6 Å². The van der Waals surface area contributed by atoms with Gasteiger partial charge in [-0.25, -0.2) is 0 Å². The van der Waals surface area contributed by atoms with Crippen molar-refractivity contribution >= 4 is 11.9 Å². The van der Waals surface area contributed by atoms with Gasteiger partial charge in [-0.3, -0.25) is 4.79 Å². The molecule has 0 saturated carbocycles. The molecule has 0 N–H and O–H groups in total. The highest BCUT2D eigenvalue weighted by atomic mass is 16.5. The Kier molecular flexibility index (Phi) is 7.63. The van der Waals surface area contributed by atoms with Crippen LogP contribution in [0.4, 0.5) is 0 Å². The molecule has 3 rings (SSSR count). The molecule has 0 fully saturated rings. The van der Waals surface area contributed by atoms with Crippen LogP contribution in [0.3, 0.4) is 0 Å². The van der Waals surface area contributed by atoms with Crippen LogP contribution < -0.4 is 9.47 Å². The van der Waals surface area contributed by atoms with Gasteiger partial charge in [0.2, 0.25) is 0 Å². The number of benzene rings is 3. The largest absolute Gasteiger partial charge is 0.496 e. The minimum atomic E-state index is -0.0380. The predicted molar refractivity (Wildman–Crippen MR) is 127 cm³/mol. The van der Waals surface area contributed by atoms with E-state index in [1.807, 2.05) is 66.7 Å². The van der Waals surface area contributed by atoms with Crippen molar-refractivity contribution in [2.75, 3.05) is 34.9 Å². The lowest BCUT2D eigenvalue weighted by molar-refractivity contribution is 0.104. The summed E-state index contributed by atoms with van der Waals surface area (Å²) in [6.07, 6.45) is 4.36. The number of ketones is 1. The summed E-state index contributed by atoms with van der Waals surface area (Å²) in [5, 5.41) is 0. The van der Waals surface area contributed by atoms with Crippen molar-refractivity contribution < 1.29 is 14.3 Å². The highest BCUT2D eigenvalue weighted by Gasteiger charge is 2.09. The summed E-state index contributed by atoms with van der Waals surface area (Å²) in [7, 11) is 7.40. The third kappa shape index (κ3) is 5.83. The molecular weight excluding hydrogens is 386 g/mol. The number of ether oxygens (including phenoxy) is 2. The molecule has 0 spiro atoms. The molecule has 31 heavy (non-hydrogen) atoms. The molecule has 0 bridgehead atoms. The average Bonchev–Trinajstić information content (AvgIpc) is 2.81. The number of hydrogen-bond donors (Lipinski definition) is 0. The van der Waals surface area contributed by atoms with Gasteiger partial charge in [-0.05, 0) is 62.0 Å². The Bertz CT molecular complexity index is 1050. The molecule has 0 aliphatic heterocycles. The summed E-state index contributed by atoms with van der Waals surface area (Å²) in [6, 6.07) is 21.6. The number of hydrogen-bond acceptors (Lipinski definition) is 4. The lowest BCUT2D eigenvalue weighted by Gasteiger charge is -2.11. The van der Waals surface area contributed by atoms with E-state index in [1.54, 1.807) is 26.4 Å². The van der Waals surface area contributed by atoms with Crippen LogP contribution in [0.5, 0.6) is 11.5 Å². The van der Waals surface area contributed by atoms with E-state index in [1.165, 1.54) is 5.56 Å². The predicted octanol–water partition coefficient (Wildman–Crippen LogP) is 5.37. The Balaban J connectivity index is 1.81. The molecule has 0 aliphatic rings. The molecular formula is C27H29NO3. The van der Waals surface area contributed by atoms with E-state index in [9.17, 15) is 4.79 Å². The molecule has 4 heteroatoms. The second-order valence-corrected chi connectivity index (χ2v) is 7.60. The van der Waals surface area contributed by atoms with E-state index in [0.29, 0.717) is 11.3 Å². The van der Waals surface area contributed by atoms with Crippen molar-refractivity contribution in [3.05, 3.63) is 89.5 Å². The summed E-state index contributed by atoms with van der Waals surface area (Å²) in [5.41, 5.74) is 4.71. The van der Waals surface area contributed by atoms with Crippen LogP contribution in [0.2, 0.25) is 0 Å². The quantitative estimate of drug-likeness (QED) is 0.348. The Labute approximate surface area is 184 Å². The highest BCUT2D eigenvalue weighted by Crippen LogP contribution is 2.33. The third-order valence-corrected chi connectivity index (χ3v) is 5.15. The van der Waals surface area contributed by atoms with Gasteiger partial charge in [0.05, 0.1) is 14.2 Å². The standard InChI is InChI=1S/C27H29NO3/c1-28(2)18-17-20-9-11-21(12-10-20)25(29)15-13-23-19-22(14-16-26(23)30-3)24-7-5-6-8-27(24)31-4/h5-16,19H,17-18H2,1-4H3. The van der Waals surface area contributed by atoms with Crippen LogP contribution in [0, 0.1) is 0 Å². The van der Waals surface area contributed by atoms with E-state index in [0.717, 1.165) is 35.4 Å². The fourth-order valence-electron chi connectivity index (χ4n) is 3.37. The average molecular weight is 416 g/mol. The van der Waals surface area contributed by atoms with Gasteiger partial charge < -0.3 is 14.4 Å². The zero-order valence-corrected chi connectivity index (χ0v) is 18.6. The van der Waals surface area contributed by atoms with E-state index >= 15 is 0 Å². The first-order valence-electron chi connectivity index (χ1n) is 10.3. The fourth-order valence-corrected chi connectivity index (χ4v) is 3.37. The van der Waals surface area contributed by atoms with Gasteiger partial charge in [0, 0.05) is 23.2 Å². The normalized spacial score (nSPS) is 11.1. The number of allylic oxidation sites excluding steroid dienone is 1. The lowest BCUT2D eigenvalue weighted by atomic mass is 10.0. The molecule has 0 saturated heterocycles. The summed E-state index contributed by atoms with van der Waals surface area (Å²) in [6.45, 7) is 0.982. The second kappa shape index (κ2) is 10.6. The number of rotatable bonds is 9. The monoisotopic (exact) mass is 415 g/mol. The van der Waals surface area contributed by atoms with Gasteiger partial charge in [-0.1, -0.05) is 48.5 Å². The number of carbonyl (C=O) groups is 1. The number of likely N-dealkylation sites (N-methyl/N-ethyl adjacent to an activating group) is 1. The van der Waals surface area contributed by atoms with Crippen molar-refractivity contribution in [1.82, 2.24) is 4.90 Å². The van der Waals surface area contributed by atoms with Crippen LogP contribution in [0.1, 0.15) is 21.5 Å². The number of nitrogens with zero attached hydrogens (tertiary/aromatic N) is 1. The molecule has 3 aromatic carbocycles. The Hall–Kier alpha value is -3.37. The van der Waals surface area contributed by atoms with Crippen LogP contribution in [-0.2, 0) is 6.42 Å². The molecule has 0 amide bonds. The third-order valence-electron chi connectivity index (χ3n) is 5.15. The van der Waals surface area contributed by atoms with E-state index in [2.05, 4.69) is 19.0 Å². The maximum atomic E-state index is 12.7. The Morgan fingerprint density at radius 3 is 2.29 bits per heavy atom. The minimum absolute atomic E-state index is 0.0380. The van der Waals surface area contributed by atoms with Crippen LogP contribution >= 0.6 is 0 Å². The maximum absolute atomic E-state index is 12.7. The van der Waals surface area contributed by atoms with E-state index < -0.39 is 0 Å². The van der Waals surface area contributed by atoms with Gasteiger partial charge in [-0.2, -0.15) is 0 Å². The molecule has 0 atom stereocenters. The topological polar surface area (TPSA) is 38.8 Å². The molecule has 0 heterocycles. The molecule has 3 aromatic rings. The molecule has 4 nitrogen and oxygen atoms in total. The summed E-state index contributed by atoms with van der Waals surface area (Å²) in [5.74, 6) is 1.47. The molecule has 0 radical (unpaired) electrons. The van der Waals surface area contributed by atoms with Gasteiger partial charge in [-0.15, -0.1) is 0 Å². The number of para-hydroxylation sites is 1. The van der Waals surface area contributed by atoms with Crippen LogP contribution in [0.25, 0.3) is 17.2 Å². The van der Waals surface area contributed by atoms with Crippen molar-refractivity contribution in [3.63, 3.8) is 0 Å². The fraction of sp³-hybridized carbons (Fsp3) is 0.222. The highest BCUT2D eigenvalue weighted by molar-refractivity contribution is 6.07. The lowest BCUT2D eigenvalue weighted by Crippen LogP contribution is -2.15. The first kappa shape index (κ1) is 22.3. The zero-order valence-electron chi connectivity index (χ0n) is 18.6. The summed E-state index contributed by atoms with van der Waals surface area (Å²) >= 11 is 0.